The molecule has 0 radical (unpaired) electrons. The number of benzene rings is 1. The molecule has 1 N–H and O–H groups in total. The lowest BCUT2D eigenvalue weighted by molar-refractivity contribution is -0.137. The Labute approximate surface area is 113 Å². The summed E-state index contributed by atoms with van der Waals surface area (Å²) >= 11 is 0. The summed E-state index contributed by atoms with van der Waals surface area (Å²) in [4.78, 5) is 10.6. The quantitative estimate of drug-likeness (QED) is 0.740. The molecule has 0 saturated carbocycles. The number of carboxylic acid groups (broad SMARTS) is 1. The number of aliphatic carboxylic acids is 1. The first-order valence-corrected chi connectivity index (χ1v) is 7.69. The Kier molecular flexibility index (Phi) is 5.82. The third-order valence-corrected chi connectivity index (χ3v) is 4.54. The fraction of sp³-hybridized carbons (Fsp3) is 0.462. The Morgan fingerprint density at radius 2 is 1.79 bits per heavy atom. The highest BCUT2D eigenvalue weighted by molar-refractivity contribution is 7.91. The summed E-state index contributed by atoms with van der Waals surface area (Å²) in [5.74, 6) is -0.197. The monoisotopic (exact) mass is 286 g/mol. The Hall–Kier alpha value is -1.56. The van der Waals surface area contributed by atoms with Crippen molar-refractivity contribution in [3.8, 4) is 5.75 Å². The van der Waals surface area contributed by atoms with E-state index in [1.807, 2.05) is 0 Å². The van der Waals surface area contributed by atoms with Gasteiger partial charge in [-0.2, -0.15) is 0 Å². The molecule has 0 unspecified atom stereocenters. The van der Waals surface area contributed by atoms with E-state index in [1.165, 1.54) is 19.2 Å². The van der Waals surface area contributed by atoms with Crippen molar-refractivity contribution in [2.24, 2.45) is 0 Å². The highest BCUT2D eigenvalue weighted by atomic mass is 32.2. The summed E-state index contributed by atoms with van der Waals surface area (Å²) in [6, 6.07) is 6.26. The van der Waals surface area contributed by atoms with E-state index in [-0.39, 0.29) is 17.1 Å². The third kappa shape index (κ3) is 5.30. The zero-order chi connectivity index (χ0) is 14.3. The molecule has 5 nitrogen and oxygen atoms in total. The predicted octanol–water partition coefficient (Wildman–Crippen LogP) is 2.11. The zero-order valence-electron chi connectivity index (χ0n) is 10.8. The highest BCUT2D eigenvalue weighted by Gasteiger charge is 2.13. The molecule has 0 bridgehead atoms. The van der Waals surface area contributed by atoms with Crippen molar-refractivity contribution in [2.45, 2.75) is 30.6 Å². The van der Waals surface area contributed by atoms with Crippen molar-refractivity contribution in [3.63, 3.8) is 0 Å². The van der Waals surface area contributed by atoms with Gasteiger partial charge in [-0.05, 0) is 37.1 Å². The second-order valence-corrected chi connectivity index (χ2v) is 6.31. The van der Waals surface area contributed by atoms with E-state index in [0.29, 0.717) is 25.0 Å². The smallest absolute Gasteiger partial charge is 0.303 e. The topological polar surface area (TPSA) is 80.7 Å². The fourth-order valence-corrected chi connectivity index (χ4v) is 3.02. The van der Waals surface area contributed by atoms with Crippen LogP contribution in [-0.4, -0.2) is 32.4 Å². The van der Waals surface area contributed by atoms with Gasteiger partial charge in [-0.25, -0.2) is 8.42 Å². The summed E-state index contributed by atoms with van der Waals surface area (Å²) in [5, 5.41) is 8.47. The van der Waals surface area contributed by atoms with Crippen LogP contribution in [0.2, 0.25) is 0 Å². The second kappa shape index (κ2) is 7.13. The fourth-order valence-electron chi connectivity index (χ4n) is 1.65. The van der Waals surface area contributed by atoms with Crippen LogP contribution in [0, 0.1) is 0 Å². The first kappa shape index (κ1) is 15.5. The van der Waals surface area contributed by atoms with Crippen LogP contribution in [0.1, 0.15) is 25.7 Å². The first-order valence-electron chi connectivity index (χ1n) is 6.04. The Morgan fingerprint density at radius 1 is 1.16 bits per heavy atom. The molecule has 0 saturated heterocycles. The summed E-state index contributed by atoms with van der Waals surface area (Å²) in [6.07, 6.45) is 1.67. The van der Waals surface area contributed by atoms with Crippen LogP contribution < -0.4 is 4.74 Å². The van der Waals surface area contributed by atoms with Gasteiger partial charge in [0, 0.05) is 6.42 Å². The maximum absolute atomic E-state index is 12.0. The molecular weight excluding hydrogens is 268 g/mol. The van der Waals surface area contributed by atoms with Crippen molar-refractivity contribution < 1.29 is 23.1 Å². The SMILES string of the molecule is COc1ccc(S(=O)(=O)CCCCCC(=O)O)cc1. The normalized spacial score (nSPS) is 11.2. The first-order chi connectivity index (χ1) is 8.95. The molecule has 0 atom stereocenters. The molecule has 0 heterocycles. The predicted molar refractivity (Wildman–Crippen MR) is 71.2 cm³/mol. The number of hydrogen-bond donors (Lipinski definition) is 1. The van der Waals surface area contributed by atoms with Gasteiger partial charge in [0.05, 0.1) is 17.8 Å². The maximum atomic E-state index is 12.0. The van der Waals surface area contributed by atoms with Crippen molar-refractivity contribution in [1.29, 1.82) is 0 Å². The lowest BCUT2D eigenvalue weighted by Crippen LogP contribution is -2.07. The minimum absolute atomic E-state index is 0.0406. The van der Waals surface area contributed by atoms with Gasteiger partial charge in [-0.15, -0.1) is 0 Å². The average Bonchev–Trinajstić information content (AvgIpc) is 2.38. The van der Waals surface area contributed by atoms with Crippen molar-refractivity contribution in [2.75, 3.05) is 12.9 Å². The van der Waals surface area contributed by atoms with Gasteiger partial charge in [-0.1, -0.05) is 6.42 Å². The number of ether oxygens (including phenoxy) is 1. The number of carboxylic acids is 1. The molecule has 1 aromatic rings. The number of carbonyl (C=O) groups is 1. The van der Waals surface area contributed by atoms with Gasteiger partial charge >= 0.3 is 5.97 Å². The van der Waals surface area contributed by atoms with Gasteiger partial charge < -0.3 is 9.84 Å². The molecule has 0 amide bonds. The van der Waals surface area contributed by atoms with E-state index in [4.69, 9.17) is 9.84 Å². The van der Waals surface area contributed by atoms with Gasteiger partial charge in [0.2, 0.25) is 0 Å². The van der Waals surface area contributed by atoms with E-state index in [1.54, 1.807) is 12.1 Å². The van der Waals surface area contributed by atoms with E-state index in [2.05, 4.69) is 0 Å². The number of rotatable bonds is 8. The van der Waals surface area contributed by atoms with Crippen LogP contribution in [0.5, 0.6) is 5.75 Å². The van der Waals surface area contributed by atoms with E-state index >= 15 is 0 Å². The highest BCUT2D eigenvalue weighted by Crippen LogP contribution is 2.17. The molecule has 0 aliphatic rings. The minimum atomic E-state index is -3.29. The van der Waals surface area contributed by atoms with Crippen molar-refractivity contribution in [1.82, 2.24) is 0 Å². The van der Waals surface area contributed by atoms with Crippen LogP contribution >= 0.6 is 0 Å². The minimum Gasteiger partial charge on any atom is -0.497 e. The van der Waals surface area contributed by atoms with E-state index < -0.39 is 15.8 Å². The van der Waals surface area contributed by atoms with Crippen LogP contribution in [0.4, 0.5) is 0 Å². The summed E-state index contributed by atoms with van der Waals surface area (Å²) in [6.45, 7) is 0. The molecular formula is C13H18O5S. The van der Waals surface area contributed by atoms with E-state index in [9.17, 15) is 13.2 Å². The standard InChI is InChI=1S/C13H18O5S/c1-18-11-6-8-12(9-7-11)19(16,17)10-4-2-3-5-13(14)15/h6-9H,2-5,10H2,1H3,(H,14,15). The second-order valence-electron chi connectivity index (χ2n) is 4.20. The Morgan fingerprint density at radius 3 is 2.32 bits per heavy atom. The summed E-state index contributed by atoms with van der Waals surface area (Å²) < 4.78 is 28.9. The van der Waals surface area contributed by atoms with Crippen LogP contribution in [0.15, 0.2) is 29.2 Å². The van der Waals surface area contributed by atoms with Gasteiger partial charge in [0.15, 0.2) is 9.84 Å². The summed E-state index contributed by atoms with van der Waals surface area (Å²) in [7, 11) is -1.77. The van der Waals surface area contributed by atoms with E-state index in [0.717, 1.165) is 0 Å². The molecule has 0 fully saturated rings. The maximum Gasteiger partial charge on any atom is 0.303 e. The van der Waals surface area contributed by atoms with Crippen molar-refractivity contribution >= 4 is 15.8 Å². The number of hydrogen-bond acceptors (Lipinski definition) is 4. The van der Waals surface area contributed by atoms with Crippen molar-refractivity contribution in [3.05, 3.63) is 24.3 Å². The molecule has 19 heavy (non-hydrogen) atoms. The molecule has 6 heteroatoms. The molecule has 1 aromatic carbocycles. The van der Waals surface area contributed by atoms with Gasteiger partial charge in [0.25, 0.3) is 0 Å². The number of unbranched alkanes of at least 4 members (excludes halogenated alkanes) is 2. The molecule has 0 aliphatic carbocycles. The Bertz CT molecular complexity index is 504. The lowest BCUT2D eigenvalue weighted by atomic mass is 10.2. The number of methoxy groups -OCH3 is 1. The van der Waals surface area contributed by atoms with Crippen LogP contribution in [0.3, 0.4) is 0 Å². The third-order valence-electron chi connectivity index (χ3n) is 2.72. The summed E-state index contributed by atoms with van der Waals surface area (Å²) in [5.41, 5.74) is 0. The van der Waals surface area contributed by atoms with Gasteiger partial charge in [0.1, 0.15) is 5.75 Å². The molecule has 0 aliphatic heterocycles. The largest absolute Gasteiger partial charge is 0.497 e. The van der Waals surface area contributed by atoms with Gasteiger partial charge in [-0.3, -0.25) is 4.79 Å². The molecule has 0 aromatic heterocycles. The van der Waals surface area contributed by atoms with Crippen LogP contribution in [-0.2, 0) is 14.6 Å². The average molecular weight is 286 g/mol. The lowest BCUT2D eigenvalue weighted by Gasteiger charge is -2.05. The number of sulfone groups is 1. The van der Waals surface area contributed by atoms with Crippen LogP contribution in [0.25, 0.3) is 0 Å². The zero-order valence-corrected chi connectivity index (χ0v) is 11.6. The molecule has 106 valence electrons. The Balaban J connectivity index is 2.48. The molecule has 0 spiro atoms. The molecule has 1 rings (SSSR count).